The van der Waals surface area contributed by atoms with Crippen molar-refractivity contribution in [3.63, 3.8) is 0 Å². The molecule has 0 radical (unpaired) electrons. The van der Waals surface area contributed by atoms with Gasteiger partial charge in [0.1, 0.15) is 0 Å². The SMILES string of the molecule is [2H]C([2H])([2H])N1CCN(CC(=O)Nc2cc3cc(-c4cnn(C)c4)ccc3nn2)CC1. The molecule has 0 saturated carbocycles. The highest BCUT2D eigenvalue weighted by Gasteiger charge is 2.17. The minimum atomic E-state index is -2.08. The van der Waals surface area contributed by atoms with Crippen LogP contribution in [-0.2, 0) is 11.8 Å². The number of amides is 1. The van der Waals surface area contributed by atoms with Crippen LogP contribution >= 0.6 is 0 Å². The van der Waals surface area contributed by atoms with E-state index >= 15 is 0 Å². The molecule has 1 saturated heterocycles. The number of carbonyl (C=O) groups is 1. The predicted molar refractivity (Wildman–Crippen MR) is 104 cm³/mol. The third-order valence-electron chi connectivity index (χ3n) is 4.63. The molecule has 140 valence electrons. The van der Waals surface area contributed by atoms with E-state index in [0.29, 0.717) is 32.0 Å². The minimum absolute atomic E-state index is 0.185. The molecular weight excluding hydrogens is 342 g/mol. The maximum absolute atomic E-state index is 12.4. The molecule has 3 aromatic rings. The zero-order valence-corrected chi connectivity index (χ0v) is 15.1. The van der Waals surface area contributed by atoms with Crippen LogP contribution in [0.2, 0.25) is 0 Å². The van der Waals surface area contributed by atoms with Gasteiger partial charge in [-0.25, -0.2) is 0 Å². The van der Waals surface area contributed by atoms with Crippen LogP contribution in [0.1, 0.15) is 4.11 Å². The Kier molecular flexibility index (Phi) is 3.91. The van der Waals surface area contributed by atoms with Gasteiger partial charge in [-0.3, -0.25) is 14.4 Å². The molecule has 2 aromatic heterocycles. The molecule has 27 heavy (non-hydrogen) atoms. The number of likely N-dealkylation sites (N-methyl/N-ethyl adjacent to an activating group) is 1. The number of aryl methyl sites for hydroxylation is 1. The topological polar surface area (TPSA) is 79.2 Å². The summed E-state index contributed by atoms with van der Waals surface area (Å²) in [7, 11) is 1.87. The third-order valence-corrected chi connectivity index (χ3v) is 4.63. The molecule has 0 aliphatic carbocycles. The van der Waals surface area contributed by atoms with Crippen LogP contribution in [0.25, 0.3) is 22.0 Å². The van der Waals surface area contributed by atoms with E-state index in [9.17, 15) is 4.79 Å². The third kappa shape index (κ3) is 4.12. The van der Waals surface area contributed by atoms with Gasteiger partial charge < -0.3 is 10.2 Å². The van der Waals surface area contributed by atoms with E-state index in [1.165, 1.54) is 4.90 Å². The molecule has 8 heteroatoms. The average molecular weight is 368 g/mol. The van der Waals surface area contributed by atoms with E-state index in [-0.39, 0.29) is 12.5 Å². The number of rotatable bonds is 4. The largest absolute Gasteiger partial charge is 0.308 e. The Bertz CT molecular complexity index is 1060. The molecule has 1 aliphatic heterocycles. The van der Waals surface area contributed by atoms with Gasteiger partial charge in [0.05, 0.1) is 18.3 Å². The van der Waals surface area contributed by atoms with E-state index in [0.717, 1.165) is 22.0 Å². The lowest BCUT2D eigenvalue weighted by atomic mass is 10.1. The van der Waals surface area contributed by atoms with E-state index in [1.54, 1.807) is 16.9 Å². The first-order valence-electron chi connectivity index (χ1n) is 10.3. The summed E-state index contributed by atoms with van der Waals surface area (Å²) in [5.41, 5.74) is 2.74. The molecule has 1 aromatic carbocycles. The zero-order chi connectivity index (χ0) is 21.3. The van der Waals surface area contributed by atoms with Gasteiger partial charge in [-0.05, 0) is 30.7 Å². The molecule has 1 amide bonds. The highest BCUT2D eigenvalue weighted by Crippen LogP contribution is 2.24. The van der Waals surface area contributed by atoms with Gasteiger partial charge in [0.25, 0.3) is 0 Å². The van der Waals surface area contributed by atoms with Crippen molar-refractivity contribution in [2.75, 3.05) is 45.0 Å². The summed E-state index contributed by atoms with van der Waals surface area (Å²) in [5, 5.41) is 16.1. The van der Waals surface area contributed by atoms with Gasteiger partial charge in [0, 0.05) is 54.5 Å². The number of fused-ring (bicyclic) bond motifs is 1. The van der Waals surface area contributed by atoms with Crippen molar-refractivity contribution in [3.05, 3.63) is 36.7 Å². The van der Waals surface area contributed by atoms with Gasteiger partial charge in [-0.1, -0.05) is 6.07 Å². The Labute approximate surface area is 162 Å². The molecule has 4 rings (SSSR count). The van der Waals surface area contributed by atoms with Crippen LogP contribution in [0.3, 0.4) is 0 Å². The number of aromatic nitrogens is 4. The van der Waals surface area contributed by atoms with Crippen molar-refractivity contribution in [3.8, 4) is 11.1 Å². The van der Waals surface area contributed by atoms with Crippen molar-refractivity contribution in [2.45, 2.75) is 0 Å². The van der Waals surface area contributed by atoms with Crippen molar-refractivity contribution >= 4 is 22.6 Å². The lowest BCUT2D eigenvalue weighted by molar-refractivity contribution is -0.117. The molecular formula is C19H23N7O. The van der Waals surface area contributed by atoms with Crippen molar-refractivity contribution in [1.29, 1.82) is 0 Å². The number of piperazine rings is 1. The number of nitrogens with zero attached hydrogens (tertiary/aromatic N) is 6. The molecule has 1 fully saturated rings. The number of hydrogen-bond acceptors (Lipinski definition) is 6. The maximum atomic E-state index is 12.4. The molecule has 0 unspecified atom stereocenters. The first-order valence-corrected chi connectivity index (χ1v) is 8.82. The first-order chi connectivity index (χ1) is 14.3. The monoisotopic (exact) mass is 368 g/mol. The Morgan fingerprint density at radius 1 is 1.19 bits per heavy atom. The van der Waals surface area contributed by atoms with E-state index in [4.69, 9.17) is 4.11 Å². The summed E-state index contributed by atoms with van der Waals surface area (Å²) in [4.78, 5) is 15.8. The van der Waals surface area contributed by atoms with Crippen LogP contribution in [-0.4, -0.2) is 75.4 Å². The number of carbonyl (C=O) groups excluding carboxylic acids is 1. The van der Waals surface area contributed by atoms with Gasteiger partial charge in [-0.15, -0.1) is 10.2 Å². The van der Waals surface area contributed by atoms with Gasteiger partial charge in [-0.2, -0.15) is 5.10 Å². The maximum Gasteiger partial charge on any atom is 0.239 e. The molecule has 1 N–H and O–H groups in total. The fourth-order valence-corrected chi connectivity index (χ4v) is 3.15. The van der Waals surface area contributed by atoms with Crippen molar-refractivity contribution in [1.82, 2.24) is 29.8 Å². The normalized spacial score (nSPS) is 18.0. The number of hydrogen-bond donors (Lipinski definition) is 1. The standard InChI is InChI=1S/C19H23N7O/c1-24-5-7-26(8-6-24)13-19(27)21-18-10-15-9-14(3-4-17(15)22-23-18)16-11-20-25(2)12-16/h3-4,9-12H,5-8,13H2,1-2H3,(H,21,23,27)/i1D3. The zero-order valence-electron chi connectivity index (χ0n) is 18.1. The number of benzene rings is 1. The Hall–Kier alpha value is -2.84. The van der Waals surface area contributed by atoms with Crippen LogP contribution in [0.4, 0.5) is 5.82 Å². The second kappa shape index (κ2) is 7.42. The summed E-state index contributed by atoms with van der Waals surface area (Å²) < 4.78 is 24.1. The van der Waals surface area contributed by atoms with Gasteiger partial charge in [0.2, 0.25) is 5.91 Å². The molecule has 0 spiro atoms. The summed E-state index contributed by atoms with van der Waals surface area (Å²) in [6.45, 7) is -0.00526. The first kappa shape index (κ1) is 14.2. The highest BCUT2D eigenvalue weighted by atomic mass is 16.2. The van der Waals surface area contributed by atoms with E-state index in [2.05, 4.69) is 20.6 Å². The van der Waals surface area contributed by atoms with Crippen LogP contribution in [0, 0.1) is 0 Å². The Balaban J connectivity index is 1.40. The lowest BCUT2D eigenvalue weighted by Gasteiger charge is -2.31. The van der Waals surface area contributed by atoms with Gasteiger partial charge >= 0.3 is 0 Å². The van der Waals surface area contributed by atoms with Crippen molar-refractivity contribution < 1.29 is 8.91 Å². The fourth-order valence-electron chi connectivity index (χ4n) is 3.15. The second-order valence-electron chi connectivity index (χ2n) is 6.72. The fraction of sp³-hybridized carbons (Fsp3) is 0.368. The van der Waals surface area contributed by atoms with Crippen LogP contribution in [0.15, 0.2) is 36.7 Å². The average Bonchev–Trinajstić information content (AvgIpc) is 3.13. The van der Waals surface area contributed by atoms with E-state index in [1.807, 2.05) is 36.3 Å². The molecule has 3 heterocycles. The quantitative estimate of drug-likeness (QED) is 0.746. The Morgan fingerprint density at radius 2 is 2.04 bits per heavy atom. The highest BCUT2D eigenvalue weighted by molar-refractivity contribution is 5.93. The lowest BCUT2D eigenvalue weighted by Crippen LogP contribution is -2.47. The molecule has 0 atom stereocenters. The molecule has 0 bridgehead atoms. The molecule has 1 aliphatic rings. The second-order valence-corrected chi connectivity index (χ2v) is 6.72. The smallest absolute Gasteiger partial charge is 0.239 e. The number of anilines is 1. The van der Waals surface area contributed by atoms with Crippen LogP contribution < -0.4 is 5.32 Å². The van der Waals surface area contributed by atoms with Crippen molar-refractivity contribution in [2.24, 2.45) is 7.05 Å². The molecule has 8 nitrogen and oxygen atoms in total. The summed E-state index contributed by atoms with van der Waals surface area (Å²) >= 11 is 0. The number of nitrogens with one attached hydrogen (secondary N) is 1. The summed E-state index contributed by atoms with van der Waals surface area (Å²) in [6, 6.07) is 7.64. The Morgan fingerprint density at radius 3 is 2.78 bits per heavy atom. The minimum Gasteiger partial charge on any atom is -0.308 e. The van der Waals surface area contributed by atoms with Crippen LogP contribution in [0.5, 0.6) is 0 Å². The summed E-state index contributed by atoms with van der Waals surface area (Å²) in [6.07, 6.45) is 3.73. The van der Waals surface area contributed by atoms with Gasteiger partial charge in [0.15, 0.2) is 5.82 Å². The summed E-state index contributed by atoms with van der Waals surface area (Å²) in [5.74, 6) is 0.186. The van der Waals surface area contributed by atoms with E-state index < -0.39 is 6.98 Å². The predicted octanol–water partition coefficient (Wildman–Crippen LogP) is 1.22.